The molecule has 1 aromatic rings. The lowest BCUT2D eigenvalue weighted by Crippen LogP contribution is -2.34. The molecule has 3 atom stereocenters. The molecule has 1 heterocycles. The molecule has 3 unspecified atom stereocenters. The number of alkyl halides is 3. The standard InChI is InChI=1S/C16H22F3N3/c17-16(18,19)10-22-6-5-11(9-22)8-21-15-7-14(20)12-3-1-2-4-13(12)15/h1-4,11,14-15,21H,5-10,20H2. The molecule has 122 valence electrons. The van der Waals surface area contributed by atoms with Crippen molar-refractivity contribution in [3.8, 4) is 0 Å². The van der Waals surface area contributed by atoms with Crippen molar-refractivity contribution in [3.05, 3.63) is 35.4 Å². The number of fused-ring (bicyclic) bond motifs is 1. The van der Waals surface area contributed by atoms with E-state index in [0.29, 0.717) is 13.1 Å². The van der Waals surface area contributed by atoms with Crippen molar-refractivity contribution in [1.29, 1.82) is 0 Å². The van der Waals surface area contributed by atoms with Crippen LogP contribution in [-0.2, 0) is 0 Å². The number of nitrogens with one attached hydrogen (secondary N) is 1. The molecule has 1 aromatic carbocycles. The number of rotatable bonds is 4. The highest BCUT2D eigenvalue weighted by Crippen LogP contribution is 2.37. The van der Waals surface area contributed by atoms with E-state index in [4.69, 9.17) is 5.73 Å². The zero-order chi connectivity index (χ0) is 15.7. The molecule has 3 nitrogen and oxygen atoms in total. The molecule has 0 radical (unpaired) electrons. The van der Waals surface area contributed by atoms with E-state index in [-0.39, 0.29) is 18.0 Å². The summed E-state index contributed by atoms with van der Waals surface area (Å²) in [5.41, 5.74) is 8.56. The highest BCUT2D eigenvalue weighted by Gasteiger charge is 2.35. The molecule has 0 spiro atoms. The molecule has 1 aliphatic carbocycles. The topological polar surface area (TPSA) is 41.3 Å². The molecule has 2 aliphatic rings. The fraction of sp³-hybridized carbons (Fsp3) is 0.625. The second kappa shape index (κ2) is 6.18. The summed E-state index contributed by atoms with van der Waals surface area (Å²) >= 11 is 0. The Labute approximate surface area is 128 Å². The highest BCUT2D eigenvalue weighted by molar-refractivity contribution is 5.37. The Balaban J connectivity index is 1.50. The Kier molecular flexibility index (Phi) is 4.43. The maximum Gasteiger partial charge on any atom is 0.401 e. The predicted octanol–water partition coefficient (Wildman–Crippen LogP) is 2.61. The van der Waals surface area contributed by atoms with Gasteiger partial charge in [0.2, 0.25) is 0 Å². The molecule has 1 saturated heterocycles. The van der Waals surface area contributed by atoms with Crippen LogP contribution >= 0.6 is 0 Å². The number of hydrogen-bond acceptors (Lipinski definition) is 3. The van der Waals surface area contributed by atoms with E-state index in [0.717, 1.165) is 19.4 Å². The first-order valence-electron chi connectivity index (χ1n) is 7.79. The lowest BCUT2D eigenvalue weighted by atomic mass is 10.1. The van der Waals surface area contributed by atoms with Gasteiger partial charge in [-0.3, -0.25) is 4.90 Å². The minimum absolute atomic E-state index is 0.0546. The summed E-state index contributed by atoms with van der Waals surface area (Å²) in [5.74, 6) is 0.284. The number of nitrogens with zero attached hydrogens (tertiary/aromatic N) is 1. The van der Waals surface area contributed by atoms with Gasteiger partial charge in [-0.1, -0.05) is 24.3 Å². The fourth-order valence-electron chi connectivity index (χ4n) is 3.65. The van der Waals surface area contributed by atoms with Crippen LogP contribution in [0.5, 0.6) is 0 Å². The molecule has 6 heteroatoms. The number of benzene rings is 1. The van der Waals surface area contributed by atoms with E-state index in [1.165, 1.54) is 16.0 Å². The average molecular weight is 313 g/mol. The van der Waals surface area contributed by atoms with Crippen LogP contribution in [0.15, 0.2) is 24.3 Å². The van der Waals surface area contributed by atoms with Crippen LogP contribution in [0, 0.1) is 5.92 Å². The van der Waals surface area contributed by atoms with Crippen LogP contribution in [-0.4, -0.2) is 37.3 Å². The molecular weight excluding hydrogens is 291 g/mol. The average Bonchev–Trinajstić information content (AvgIpc) is 3.00. The van der Waals surface area contributed by atoms with Crippen molar-refractivity contribution >= 4 is 0 Å². The Morgan fingerprint density at radius 3 is 2.68 bits per heavy atom. The Hall–Kier alpha value is -1.11. The van der Waals surface area contributed by atoms with E-state index in [1.807, 2.05) is 12.1 Å². The summed E-state index contributed by atoms with van der Waals surface area (Å²) in [6.07, 6.45) is -2.42. The monoisotopic (exact) mass is 313 g/mol. The smallest absolute Gasteiger partial charge is 0.324 e. The zero-order valence-corrected chi connectivity index (χ0v) is 12.4. The van der Waals surface area contributed by atoms with Crippen molar-refractivity contribution < 1.29 is 13.2 Å². The second-order valence-corrected chi connectivity index (χ2v) is 6.44. The van der Waals surface area contributed by atoms with Crippen LogP contribution in [0.2, 0.25) is 0 Å². The quantitative estimate of drug-likeness (QED) is 0.898. The third-order valence-electron chi connectivity index (χ3n) is 4.69. The van der Waals surface area contributed by atoms with Crippen LogP contribution < -0.4 is 11.1 Å². The van der Waals surface area contributed by atoms with Gasteiger partial charge in [0.1, 0.15) is 0 Å². The summed E-state index contributed by atoms with van der Waals surface area (Å²) in [7, 11) is 0. The molecule has 3 rings (SSSR count). The minimum atomic E-state index is -4.10. The van der Waals surface area contributed by atoms with E-state index in [9.17, 15) is 13.2 Å². The molecule has 0 bridgehead atoms. The molecule has 0 saturated carbocycles. The van der Waals surface area contributed by atoms with Gasteiger partial charge in [0, 0.05) is 18.6 Å². The van der Waals surface area contributed by atoms with Crippen molar-refractivity contribution in [2.24, 2.45) is 11.7 Å². The first-order chi connectivity index (χ1) is 10.4. The van der Waals surface area contributed by atoms with Gasteiger partial charge >= 0.3 is 6.18 Å². The molecule has 22 heavy (non-hydrogen) atoms. The Bertz CT molecular complexity index is 518. The summed E-state index contributed by atoms with van der Waals surface area (Å²) in [6.45, 7) is 1.01. The molecule has 1 aliphatic heterocycles. The number of halogens is 3. The normalized spacial score (nSPS) is 29.0. The third kappa shape index (κ3) is 3.62. The van der Waals surface area contributed by atoms with Gasteiger partial charge in [0.05, 0.1) is 6.54 Å². The highest BCUT2D eigenvalue weighted by atomic mass is 19.4. The van der Waals surface area contributed by atoms with Crippen molar-refractivity contribution in [3.63, 3.8) is 0 Å². The molecule has 3 N–H and O–H groups in total. The summed E-state index contributed by atoms with van der Waals surface area (Å²) in [6, 6.07) is 8.42. The number of nitrogens with two attached hydrogens (primary N) is 1. The predicted molar refractivity (Wildman–Crippen MR) is 79.3 cm³/mol. The summed E-state index contributed by atoms with van der Waals surface area (Å²) in [5, 5.41) is 3.51. The maximum atomic E-state index is 12.4. The van der Waals surface area contributed by atoms with E-state index < -0.39 is 12.7 Å². The van der Waals surface area contributed by atoms with Crippen LogP contribution in [0.4, 0.5) is 13.2 Å². The molecule has 0 amide bonds. The van der Waals surface area contributed by atoms with Crippen LogP contribution in [0.1, 0.15) is 36.1 Å². The van der Waals surface area contributed by atoms with Crippen molar-refractivity contribution in [2.45, 2.75) is 31.1 Å². The first-order valence-corrected chi connectivity index (χ1v) is 7.79. The van der Waals surface area contributed by atoms with Crippen molar-refractivity contribution in [1.82, 2.24) is 10.2 Å². The molecular formula is C16H22F3N3. The SMILES string of the molecule is NC1CC(NCC2CCN(CC(F)(F)F)C2)c2ccccc21. The van der Waals surface area contributed by atoms with Gasteiger partial charge in [-0.2, -0.15) is 13.2 Å². The lowest BCUT2D eigenvalue weighted by molar-refractivity contribution is -0.143. The largest absolute Gasteiger partial charge is 0.401 e. The van der Waals surface area contributed by atoms with Gasteiger partial charge in [0.15, 0.2) is 0 Å². The second-order valence-electron chi connectivity index (χ2n) is 6.44. The van der Waals surface area contributed by atoms with Gasteiger partial charge in [-0.25, -0.2) is 0 Å². The van der Waals surface area contributed by atoms with Crippen LogP contribution in [0.3, 0.4) is 0 Å². The van der Waals surface area contributed by atoms with Gasteiger partial charge in [-0.05, 0) is 43.0 Å². The van der Waals surface area contributed by atoms with E-state index >= 15 is 0 Å². The van der Waals surface area contributed by atoms with Crippen LogP contribution in [0.25, 0.3) is 0 Å². The maximum absolute atomic E-state index is 12.4. The molecule has 1 fully saturated rings. The lowest BCUT2D eigenvalue weighted by Gasteiger charge is -2.19. The fourth-order valence-corrected chi connectivity index (χ4v) is 3.65. The summed E-state index contributed by atoms with van der Waals surface area (Å²) in [4.78, 5) is 1.50. The zero-order valence-electron chi connectivity index (χ0n) is 12.4. The first kappa shape index (κ1) is 15.8. The van der Waals surface area contributed by atoms with Crippen molar-refractivity contribution in [2.75, 3.05) is 26.2 Å². The van der Waals surface area contributed by atoms with E-state index in [1.54, 1.807) is 0 Å². The Morgan fingerprint density at radius 1 is 1.23 bits per heavy atom. The molecule has 0 aromatic heterocycles. The van der Waals surface area contributed by atoms with Gasteiger partial charge in [0.25, 0.3) is 0 Å². The number of hydrogen-bond donors (Lipinski definition) is 2. The third-order valence-corrected chi connectivity index (χ3v) is 4.69. The van der Waals surface area contributed by atoms with E-state index in [2.05, 4.69) is 17.4 Å². The summed E-state index contributed by atoms with van der Waals surface area (Å²) < 4.78 is 37.2. The number of likely N-dealkylation sites (tertiary alicyclic amines) is 1. The van der Waals surface area contributed by atoms with Gasteiger partial charge in [-0.15, -0.1) is 0 Å². The Morgan fingerprint density at radius 2 is 1.95 bits per heavy atom. The van der Waals surface area contributed by atoms with Gasteiger partial charge < -0.3 is 11.1 Å². The minimum Gasteiger partial charge on any atom is -0.324 e.